The topological polar surface area (TPSA) is 29.5 Å². The van der Waals surface area contributed by atoms with Crippen LogP contribution < -0.4 is 0 Å². The predicted octanol–water partition coefficient (Wildman–Crippen LogP) is 3.26. The number of phenols is 1. The molecule has 2 nitrogen and oxygen atoms in total. The highest BCUT2D eigenvalue weighted by Crippen LogP contribution is 2.25. The molecule has 0 aromatic heterocycles. The molecular formula is C12H15FO2. The Labute approximate surface area is 89.3 Å². The van der Waals surface area contributed by atoms with Crippen molar-refractivity contribution in [3.8, 4) is 5.75 Å². The maximum Gasteiger partial charge on any atom is 0.138 e. The third-order valence-electron chi connectivity index (χ3n) is 1.80. The van der Waals surface area contributed by atoms with Crippen LogP contribution in [0.2, 0.25) is 0 Å². The van der Waals surface area contributed by atoms with Crippen LogP contribution in [0.1, 0.15) is 11.1 Å². The zero-order chi connectivity index (χ0) is 12.0. The molecule has 0 saturated carbocycles. The zero-order valence-corrected chi connectivity index (χ0v) is 9.01. The maximum atomic E-state index is 13.2. The van der Waals surface area contributed by atoms with Crippen molar-refractivity contribution in [3.05, 3.63) is 48.8 Å². The molecule has 0 bridgehead atoms. The van der Waals surface area contributed by atoms with Gasteiger partial charge in [0, 0.05) is 6.07 Å². The number of aromatic hydroxyl groups is 1. The monoisotopic (exact) mass is 210 g/mol. The van der Waals surface area contributed by atoms with Gasteiger partial charge in [0.15, 0.2) is 0 Å². The molecule has 15 heavy (non-hydrogen) atoms. The average Bonchev–Trinajstić information content (AvgIpc) is 2.19. The van der Waals surface area contributed by atoms with Crippen molar-refractivity contribution in [1.82, 2.24) is 0 Å². The Morgan fingerprint density at radius 2 is 1.93 bits per heavy atom. The van der Waals surface area contributed by atoms with E-state index in [4.69, 9.17) is 9.84 Å². The normalized spacial score (nSPS) is 8.73. The molecule has 1 aromatic carbocycles. The molecule has 0 saturated heterocycles. The number of halogens is 1. The molecule has 1 rings (SSSR count). The molecule has 1 N–H and O–H groups in total. The van der Waals surface area contributed by atoms with E-state index in [0.29, 0.717) is 11.1 Å². The fourth-order valence-corrected chi connectivity index (χ4v) is 1.18. The molecule has 0 spiro atoms. The van der Waals surface area contributed by atoms with Crippen molar-refractivity contribution < 1.29 is 14.2 Å². The molecule has 1 aromatic rings. The molecule has 0 radical (unpaired) electrons. The number of ether oxygens (including phenoxy) is 1. The van der Waals surface area contributed by atoms with Crippen molar-refractivity contribution >= 4 is 5.76 Å². The Bertz CT molecular complexity index is 336. The smallest absolute Gasteiger partial charge is 0.138 e. The highest BCUT2D eigenvalue weighted by molar-refractivity contribution is 5.62. The maximum absolute atomic E-state index is 13.2. The molecule has 0 fully saturated rings. The van der Waals surface area contributed by atoms with E-state index in [9.17, 15) is 4.39 Å². The minimum atomic E-state index is -0.524. The van der Waals surface area contributed by atoms with Crippen molar-refractivity contribution in [3.63, 3.8) is 0 Å². The standard InChI is InChI=1S/C10H11FO2.C2H4/c1-6-4-8(12)5-9(11)10(6)7(2)13-3;1-2/h4-5,12H,2H2,1,3H3;1-2H2. The molecule has 0 heterocycles. The number of hydrogen-bond acceptors (Lipinski definition) is 2. The van der Waals surface area contributed by atoms with Crippen LogP contribution >= 0.6 is 0 Å². The van der Waals surface area contributed by atoms with E-state index >= 15 is 0 Å². The highest BCUT2D eigenvalue weighted by Gasteiger charge is 2.11. The molecule has 0 aliphatic rings. The van der Waals surface area contributed by atoms with Gasteiger partial charge in [-0.2, -0.15) is 0 Å². The molecule has 82 valence electrons. The summed E-state index contributed by atoms with van der Waals surface area (Å²) in [5, 5.41) is 9.06. The highest BCUT2D eigenvalue weighted by atomic mass is 19.1. The van der Waals surface area contributed by atoms with E-state index in [2.05, 4.69) is 19.7 Å². The first-order valence-corrected chi connectivity index (χ1v) is 4.28. The minimum absolute atomic E-state index is 0.0948. The van der Waals surface area contributed by atoms with Crippen molar-refractivity contribution in [1.29, 1.82) is 0 Å². The largest absolute Gasteiger partial charge is 0.508 e. The summed E-state index contributed by atoms with van der Waals surface area (Å²) >= 11 is 0. The fraction of sp³-hybridized carbons (Fsp3) is 0.167. The van der Waals surface area contributed by atoms with Crippen LogP contribution in [-0.4, -0.2) is 12.2 Å². The number of benzene rings is 1. The first-order chi connectivity index (χ1) is 7.06. The van der Waals surface area contributed by atoms with Gasteiger partial charge in [-0.25, -0.2) is 4.39 Å². The van der Waals surface area contributed by atoms with Gasteiger partial charge in [0.25, 0.3) is 0 Å². The van der Waals surface area contributed by atoms with Crippen molar-refractivity contribution in [2.45, 2.75) is 6.92 Å². The summed E-state index contributed by atoms with van der Waals surface area (Å²) in [4.78, 5) is 0. The van der Waals surface area contributed by atoms with E-state index in [-0.39, 0.29) is 11.5 Å². The second-order valence-corrected chi connectivity index (χ2v) is 2.75. The van der Waals surface area contributed by atoms with Gasteiger partial charge in [-0.1, -0.05) is 6.58 Å². The van der Waals surface area contributed by atoms with Crippen LogP contribution in [0.15, 0.2) is 31.9 Å². The third kappa shape index (κ3) is 3.13. The second kappa shape index (κ2) is 5.86. The zero-order valence-electron chi connectivity index (χ0n) is 9.01. The van der Waals surface area contributed by atoms with Gasteiger partial charge in [0.2, 0.25) is 0 Å². The molecule has 3 heteroatoms. The Morgan fingerprint density at radius 3 is 2.33 bits per heavy atom. The lowest BCUT2D eigenvalue weighted by Gasteiger charge is -2.09. The number of aryl methyl sites for hydroxylation is 1. The van der Waals surface area contributed by atoms with Gasteiger partial charge in [-0.3, -0.25) is 0 Å². The molecular weight excluding hydrogens is 195 g/mol. The summed E-state index contributed by atoms with van der Waals surface area (Å²) in [6.07, 6.45) is 0. The van der Waals surface area contributed by atoms with Crippen LogP contribution in [0.5, 0.6) is 5.75 Å². The van der Waals surface area contributed by atoms with Gasteiger partial charge in [0.05, 0.1) is 12.7 Å². The minimum Gasteiger partial charge on any atom is -0.508 e. The van der Waals surface area contributed by atoms with Crippen LogP contribution in [0.3, 0.4) is 0 Å². The summed E-state index contributed by atoms with van der Waals surface area (Å²) in [5.41, 5.74) is 0.907. The molecule has 0 unspecified atom stereocenters. The Morgan fingerprint density at radius 1 is 1.40 bits per heavy atom. The van der Waals surface area contributed by atoms with E-state index in [1.54, 1.807) is 6.92 Å². The van der Waals surface area contributed by atoms with Crippen molar-refractivity contribution in [2.75, 3.05) is 7.11 Å². The Hall–Kier alpha value is -1.77. The van der Waals surface area contributed by atoms with E-state index in [1.165, 1.54) is 13.2 Å². The summed E-state index contributed by atoms with van der Waals surface area (Å²) in [6, 6.07) is 2.50. The second-order valence-electron chi connectivity index (χ2n) is 2.75. The van der Waals surface area contributed by atoms with Gasteiger partial charge < -0.3 is 9.84 Å². The summed E-state index contributed by atoms with van der Waals surface area (Å²) in [7, 11) is 1.42. The van der Waals surface area contributed by atoms with E-state index in [0.717, 1.165) is 6.07 Å². The van der Waals surface area contributed by atoms with Gasteiger partial charge in [-0.15, -0.1) is 13.2 Å². The van der Waals surface area contributed by atoms with E-state index in [1.807, 2.05) is 0 Å². The van der Waals surface area contributed by atoms with Crippen LogP contribution in [0, 0.1) is 12.7 Å². The lowest BCUT2D eigenvalue weighted by atomic mass is 10.1. The quantitative estimate of drug-likeness (QED) is 0.599. The first-order valence-electron chi connectivity index (χ1n) is 4.28. The third-order valence-corrected chi connectivity index (χ3v) is 1.80. The van der Waals surface area contributed by atoms with Gasteiger partial charge >= 0.3 is 0 Å². The van der Waals surface area contributed by atoms with Crippen LogP contribution in [0.25, 0.3) is 5.76 Å². The molecule has 0 aliphatic carbocycles. The first kappa shape index (κ1) is 13.2. The predicted molar refractivity (Wildman–Crippen MR) is 60.1 cm³/mol. The Balaban J connectivity index is 0.000000921. The van der Waals surface area contributed by atoms with Crippen LogP contribution in [0.4, 0.5) is 4.39 Å². The van der Waals surface area contributed by atoms with Crippen LogP contribution in [-0.2, 0) is 4.74 Å². The molecule has 0 atom stereocenters. The number of phenolic OH excluding ortho intramolecular Hbond substituents is 1. The summed E-state index contributed by atoms with van der Waals surface area (Å²) in [5.74, 6) is -0.359. The fourth-order valence-electron chi connectivity index (χ4n) is 1.18. The lowest BCUT2D eigenvalue weighted by Crippen LogP contribution is -1.94. The summed E-state index contributed by atoms with van der Waals surface area (Å²) in [6.45, 7) is 11.2. The molecule has 0 aliphatic heterocycles. The average molecular weight is 210 g/mol. The number of rotatable bonds is 2. The summed E-state index contributed by atoms with van der Waals surface area (Å²) < 4.78 is 18.1. The number of methoxy groups -OCH3 is 1. The van der Waals surface area contributed by atoms with Gasteiger partial charge in [-0.05, 0) is 18.6 Å². The van der Waals surface area contributed by atoms with E-state index < -0.39 is 5.82 Å². The number of hydrogen-bond donors (Lipinski definition) is 1. The SMILES string of the molecule is C=C.C=C(OC)c1c(C)cc(O)cc1F. The molecule has 0 amide bonds. The lowest BCUT2D eigenvalue weighted by molar-refractivity contribution is 0.367. The van der Waals surface area contributed by atoms with Crippen molar-refractivity contribution in [2.24, 2.45) is 0 Å². The Kier molecular flexibility index (Phi) is 5.16. The van der Waals surface area contributed by atoms with Gasteiger partial charge in [0.1, 0.15) is 17.3 Å².